The largest absolute Gasteiger partial charge is 0.448 e. The minimum atomic E-state index is 0.759. The molecule has 1 saturated carbocycles. The first-order valence-corrected chi connectivity index (χ1v) is 7.33. The Labute approximate surface area is 112 Å². The van der Waals surface area contributed by atoms with Gasteiger partial charge in [0.15, 0.2) is 4.67 Å². The topological polar surface area (TPSA) is 38.1 Å². The van der Waals surface area contributed by atoms with Gasteiger partial charge in [0.05, 0.1) is 4.88 Å². The maximum Gasteiger partial charge on any atom is 0.169 e. The van der Waals surface area contributed by atoms with Crippen molar-refractivity contribution in [2.75, 3.05) is 6.54 Å². The molecule has 0 saturated heterocycles. The minimum Gasteiger partial charge on any atom is -0.448 e. The highest BCUT2D eigenvalue weighted by molar-refractivity contribution is 9.10. The van der Waals surface area contributed by atoms with Crippen LogP contribution in [0.5, 0.6) is 0 Å². The van der Waals surface area contributed by atoms with Crippen molar-refractivity contribution >= 4 is 27.3 Å². The van der Waals surface area contributed by atoms with E-state index in [0.717, 1.165) is 39.3 Å². The van der Waals surface area contributed by atoms with E-state index in [0.29, 0.717) is 0 Å². The molecular weight excluding hydrogens is 300 g/mol. The van der Waals surface area contributed by atoms with Crippen molar-refractivity contribution in [1.82, 2.24) is 10.3 Å². The summed E-state index contributed by atoms with van der Waals surface area (Å²) in [5.74, 6) is 1.79. The Kier molecular flexibility index (Phi) is 3.31. The van der Waals surface area contributed by atoms with Crippen molar-refractivity contribution in [1.29, 1.82) is 0 Å². The second-order valence-corrected chi connectivity index (χ2v) is 6.19. The lowest BCUT2D eigenvalue weighted by Gasteiger charge is -1.98. The van der Waals surface area contributed by atoms with Crippen LogP contribution in [0.15, 0.2) is 27.4 Å². The lowest BCUT2D eigenvalue weighted by molar-refractivity contribution is 0.557. The molecule has 0 atom stereocenters. The van der Waals surface area contributed by atoms with Crippen LogP contribution in [0, 0.1) is 5.92 Å². The summed E-state index contributed by atoms with van der Waals surface area (Å²) in [5, 5.41) is 4.56. The molecule has 0 bridgehead atoms. The second kappa shape index (κ2) is 4.92. The third-order valence-electron chi connectivity index (χ3n) is 2.78. The third kappa shape index (κ3) is 2.97. The molecular formula is C12H13BrN2OS. The number of thiazole rings is 1. The van der Waals surface area contributed by atoms with E-state index in [1.165, 1.54) is 12.8 Å². The van der Waals surface area contributed by atoms with Crippen molar-refractivity contribution in [3.63, 3.8) is 0 Å². The summed E-state index contributed by atoms with van der Waals surface area (Å²) in [6, 6.07) is 3.86. The van der Waals surface area contributed by atoms with Gasteiger partial charge in [0.25, 0.3) is 0 Å². The van der Waals surface area contributed by atoms with Crippen molar-refractivity contribution < 1.29 is 4.42 Å². The molecule has 2 heterocycles. The van der Waals surface area contributed by atoms with Gasteiger partial charge in [-0.2, -0.15) is 0 Å². The quantitative estimate of drug-likeness (QED) is 0.915. The highest BCUT2D eigenvalue weighted by atomic mass is 79.9. The minimum absolute atomic E-state index is 0.759. The predicted molar refractivity (Wildman–Crippen MR) is 71.9 cm³/mol. The molecule has 1 fully saturated rings. The van der Waals surface area contributed by atoms with E-state index < -0.39 is 0 Å². The van der Waals surface area contributed by atoms with Gasteiger partial charge in [-0.25, -0.2) is 4.98 Å². The number of rotatable bonds is 5. The average Bonchev–Trinajstić information content (AvgIpc) is 2.85. The van der Waals surface area contributed by atoms with Crippen molar-refractivity contribution in [3.8, 4) is 10.6 Å². The SMILES string of the molecule is Brc1ccc(-c2cnc(CNCC3CC3)s2)o1. The standard InChI is InChI=1S/C12H13BrN2OS/c13-11-4-3-9(16-11)10-6-15-12(17-10)7-14-5-8-1-2-8/h3-4,6,8,14H,1-2,5,7H2. The zero-order valence-electron chi connectivity index (χ0n) is 9.28. The van der Waals surface area contributed by atoms with Crippen LogP contribution in [0.25, 0.3) is 10.6 Å². The van der Waals surface area contributed by atoms with E-state index in [2.05, 4.69) is 26.2 Å². The van der Waals surface area contributed by atoms with Gasteiger partial charge in [0, 0.05) is 12.7 Å². The van der Waals surface area contributed by atoms with Crippen LogP contribution in [0.2, 0.25) is 0 Å². The summed E-state index contributed by atoms with van der Waals surface area (Å²) in [7, 11) is 0. The van der Waals surface area contributed by atoms with Gasteiger partial charge in [-0.15, -0.1) is 11.3 Å². The third-order valence-corrected chi connectivity index (χ3v) is 4.21. The molecule has 0 radical (unpaired) electrons. The first-order valence-electron chi connectivity index (χ1n) is 5.72. The van der Waals surface area contributed by atoms with Crippen LogP contribution in [-0.4, -0.2) is 11.5 Å². The van der Waals surface area contributed by atoms with E-state index in [9.17, 15) is 0 Å². The molecule has 90 valence electrons. The highest BCUT2D eigenvalue weighted by Gasteiger charge is 2.20. The van der Waals surface area contributed by atoms with Crippen LogP contribution in [0.1, 0.15) is 17.8 Å². The molecule has 2 aromatic heterocycles. The number of hydrogen-bond donors (Lipinski definition) is 1. The van der Waals surface area contributed by atoms with Crippen LogP contribution >= 0.6 is 27.3 Å². The molecule has 2 aromatic rings. The number of furan rings is 1. The summed E-state index contributed by atoms with van der Waals surface area (Å²) in [5.41, 5.74) is 0. The van der Waals surface area contributed by atoms with E-state index in [1.807, 2.05) is 18.3 Å². The number of nitrogens with zero attached hydrogens (tertiary/aromatic N) is 1. The van der Waals surface area contributed by atoms with E-state index >= 15 is 0 Å². The first-order chi connectivity index (χ1) is 8.31. The van der Waals surface area contributed by atoms with Crippen molar-refractivity contribution in [2.45, 2.75) is 19.4 Å². The van der Waals surface area contributed by atoms with Gasteiger partial charge < -0.3 is 9.73 Å². The summed E-state index contributed by atoms with van der Waals surface area (Å²) in [6.07, 6.45) is 4.65. The summed E-state index contributed by atoms with van der Waals surface area (Å²) in [6.45, 7) is 1.99. The Bertz CT molecular complexity index is 504. The number of aromatic nitrogens is 1. The molecule has 1 N–H and O–H groups in total. The predicted octanol–water partition coefficient (Wildman–Crippen LogP) is 3.67. The average molecular weight is 313 g/mol. The fourth-order valence-corrected chi connectivity index (χ4v) is 2.81. The van der Waals surface area contributed by atoms with Gasteiger partial charge in [-0.05, 0) is 53.4 Å². The van der Waals surface area contributed by atoms with Gasteiger partial charge in [-0.3, -0.25) is 0 Å². The Hall–Kier alpha value is -0.650. The number of halogens is 1. The molecule has 1 aliphatic rings. The maximum atomic E-state index is 5.50. The fraction of sp³-hybridized carbons (Fsp3) is 0.417. The lowest BCUT2D eigenvalue weighted by atomic mass is 10.4. The second-order valence-electron chi connectivity index (χ2n) is 4.30. The van der Waals surface area contributed by atoms with E-state index in [1.54, 1.807) is 11.3 Å². The Morgan fingerprint density at radius 2 is 2.35 bits per heavy atom. The summed E-state index contributed by atoms with van der Waals surface area (Å²) >= 11 is 4.99. The Morgan fingerprint density at radius 1 is 1.47 bits per heavy atom. The van der Waals surface area contributed by atoms with Gasteiger partial charge in [0.1, 0.15) is 10.8 Å². The first kappa shape index (κ1) is 11.4. The number of nitrogens with one attached hydrogen (secondary N) is 1. The molecule has 0 unspecified atom stereocenters. The summed E-state index contributed by atoms with van der Waals surface area (Å²) < 4.78 is 6.26. The highest BCUT2D eigenvalue weighted by Crippen LogP contribution is 2.30. The molecule has 1 aliphatic carbocycles. The van der Waals surface area contributed by atoms with Crippen LogP contribution in [-0.2, 0) is 6.54 Å². The van der Waals surface area contributed by atoms with Crippen molar-refractivity contribution in [3.05, 3.63) is 28.0 Å². The lowest BCUT2D eigenvalue weighted by Crippen LogP contribution is -2.15. The molecule has 0 amide bonds. The molecule has 0 aliphatic heterocycles. The molecule has 0 spiro atoms. The normalized spacial score (nSPS) is 15.4. The van der Waals surface area contributed by atoms with Crippen molar-refractivity contribution in [2.24, 2.45) is 5.92 Å². The van der Waals surface area contributed by atoms with Gasteiger partial charge in [-0.1, -0.05) is 0 Å². The molecule has 0 aromatic carbocycles. The maximum absolute atomic E-state index is 5.50. The Morgan fingerprint density at radius 3 is 3.06 bits per heavy atom. The monoisotopic (exact) mass is 312 g/mol. The molecule has 3 rings (SSSR count). The van der Waals surface area contributed by atoms with Gasteiger partial charge >= 0.3 is 0 Å². The van der Waals surface area contributed by atoms with Gasteiger partial charge in [0.2, 0.25) is 0 Å². The van der Waals surface area contributed by atoms with Crippen LogP contribution in [0.3, 0.4) is 0 Å². The molecule has 5 heteroatoms. The summed E-state index contributed by atoms with van der Waals surface area (Å²) in [4.78, 5) is 5.48. The zero-order chi connectivity index (χ0) is 11.7. The smallest absolute Gasteiger partial charge is 0.169 e. The molecule has 3 nitrogen and oxygen atoms in total. The van der Waals surface area contributed by atoms with Crippen LogP contribution < -0.4 is 5.32 Å². The van der Waals surface area contributed by atoms with E-state index in [-0.39, 0.29) is 0 Å². The zero-order valence-corrected chi connectivity index (χ0v) is 11.7. The van der Waals surface area contributed by atoms with E-state index in [4.69, 9.17) is 4.42 Å². The fourth-order valence-electron chi connectivity index (χ4n) is 1.66. The Balaban J connectivity index is 1.61. The van der Waals surface area contributed by atoms with Crippen LogP contribution in [0.4, 0.5) is 0 Å². The number of hydrogen-bond acceptors (Lipinski definition) is 4. The molecule has 17 heavy (non-hydrogen) atoms.